The van der Waals surface area contributed by atoms with Gasteiger partial charge in [-0.3, -0.25) is 9.48 Å². The summed E-state index contributed by atoms with van der Waals surface area (Å²) in [6.07, 6.45) is 6.40. The van der Waals surface area contributed by atoms with E-state index in [9.17, 15) is 4.79 Å². The summed E-state index contributed by atoms with van der Waals surface area (Å²) in [6.45, 7) is 4.18. The first-order valence-electron chi connectivity index (χ1n) is 15.0. The summed E-state index contributed by atoms with van der Waals surface area (Å²) in [6, 6.07) is 12.4. The molecule has 3 aliphatic rings. The van der Waals surface area contributed by atoms with Gasteiger partial charge in [0.15, 0.2) is 5.82 Å². The number of nitrogens with two attached hydrogens (primary N) is 1. The summed E-state index contributed by atoms with van der Waals surface area (Å²) in [5, 5.41) is 5.69. The predicted octanol–water partition coefficient (Wildman–Crippen LogP) is 4.12. The van der Waals surface area contributed by atoms with Crippen LogP contribution in [0.5, 0.6) is 5.75 Å². The molecule has 2 bridgehead atoms. The molecule has 1 amide bonds. The number of likely N-dealkylation sites (tertiary alicyclic amines) is 1. The quantitative estimate of drug-likeness (QED) is 0.319. The number of imidazole rings is 1. The van der Waals surface area contributed by atoms with Crippen LogP contribution in [0.25, 0.3) is 33.6 Å². The standard InChI is InChI=1S/C32H36N8O2/c1-18-11-23(37(2)36-18)17-40-29-24(12-22(14-27(29)42-3)32(41)39-16-21-8-9-25(39)28(21)33)35-31(40)26-13-20-5-4-10-34-30(20)38(26)15-19-6-7-19/h4-5,10-14,19,21,25,28H,6-9,15-17,33H2,1-3H3. The minimum Gasteiger partial charge on any atom is -0.494 e. The molecule has 42 heavy (non-hydrogen) atoms. The van der Waals surface area contributed by atoms with Crippen LogP contribution in [0, 0.1) is 18.8 Å². The van der Waals surface area contributed by atoms with E-state index in [-0.39, 0.29) is 18.0 Å². The van der Waals surface area contributed by atoms with Crippen LogP contribution in [0.3, 0.4) is 0 Å². The van der Waals surface area contributed by atoms with Gasteiger partial charge in [-0.15, -0.1) is 0 Å². The van der Waals surface area contributed by atoms with Crippen LogP contribution < -0.4 is 10.5 Å². The van der Waals surface area contributed by atoms with Gasteiger partial charge in [0.1, 0.15) is 16.9 Å². The largest absolute Gasteiger partial charge is 0.494 e. The van der Waals surface area contributed by atoms with Crippen LogP contribution in [0.4, 0.5) is 0 Å². The Balaban J connectivity index is 1.32. The van der Waals surface area contributed by atoms with Crippen molar-refractivity contribution in [1.29, 1.82) is 0 Å². The zero-order chi connectivity index (χ0) is 28.7. The number of ether oxygens (including phenoxy) is 1. The van der Waals surface area contributed by atoms with Crippen LogP contribution in [0.15, 0.2) is 42.6 Å². The molecule has 216 valence electrons. The summed E-state index contributed by atoms with van der Waals surface area (Å²) in [5.41, 5.74) is 12.6. The Morgan fingerprint density at radius 2 is 1.98 bits per heavy atom. The maximum atomic E-state index is 13.9. The van der Waals surface area contributed by atoms with Crippen molar-refractivity contribution in [3.8, 4) is 17.3 Å². The minimum atomic E-state index is 0.00302. The van der Waals surface area contributed by atoms with Gasteiger partial charge >= 0.3 is 0 Å². The van der Waals surface area contributed by atoms with Gasteiger partial charge in [0.25, 0.3) is 5.91 Å². The van der Waals surface area contributed by atoms with Crippen molar-refractivity contribution in [2.45, 2.75) is 57.8 Å². The van der Waals surface area contributed by atoms with Crippen molar-refractivity contribution in [2.24, 2.45) is 24.6 Å². The van der Waals surface area contributed by atoms with Crippen molar-refractivity contribution >= 4 is 28.0 Å². The molecule has 4 aromatic heterocycles. The summed E-state index contributed by atoms with van der Waals surface area (Å²) >= 11 is 0. The molecule has 1 saturated heterocycles. The molecule has 3 unspecified atom stereocenters. The Labute approximate surface area is 244 Å². The Kier molecular flexibility index (Phi) is 5.72. The first kappa shape index (κ1) is 25.5. The predicted molar refractivity (Wildman–Crippen MR) is 160 cm³/mol. The normalized spacial score (nSPS) is 21.7. The zero-order valence-electron chi connectivity index (χ0n) is 24.3. The summed E-state index contributed by atoms with van der Waals surface area (Å²) < 4.78 is 12.4. The van der Waals surface area contributed by atoms with Gasteiger partial charge in [-0.1, -0.05) is 0 Å². The van der Waals surface area contributed by atoms with Crippen LogP contribution in [0.2, 0.25) is 0 Å². The fourth-order valence-electron chi connectivity index (χ4n) is 7.30. The third-order valence-corrected chi connectivity index (χ3v) is 9.63. The zero-order valence-corrected chi connectivity index (χ0v) is 24.3. The second kappa shape index (κ2) is 9.42. The van der Waals surface area contributed by atoms with E-state index >= 15 is 0 Å². The van der Waals surface area contributed by atoms with Gasteiger partial charge in [-0.25, -0.2) is 9.97 Å². The van der Waals surface area contributed by atoms with Gasteiger partial charge < -0.3 is 24.5 Å². The Morgan fingerprint density at radius 3 is 2.67 bits per heavy atom. The molecule has 3 fully saturated rings. The first-order valence-corrected chi connectivity index (χ1v) is 15.0. The molecule has 1 aliphatic heterocycles. The van der Waals surface area contributed by atoms with Crippen LogP contribution in [-0.2, 0) is 20.1 Å². The number of benzene rings is 1. The molecular weight excluding hydrogens is 528 g/mol. The smallest absolute Gasteiger partial charge is 0.254 e. The fourth-order valence-corrected chi connectivity index (χ4v) is 7.30. The molecule has 2 N–H and O–H groups in total. The van der Waals surface area contributed by atoms with Crippen molar-refractivity contribution < 1.29 is 9.53 Å². The number of piperidine rings is 1. The number of nitrogens with zero attached hydrogens (tertiary/aromatic N) is 7. The summed E-state index contributed by atoms with van der Waals surface area (Å²) in [7, 11) is 3.63. The average Bonchev–Trinajstić information content (AvgIpc) is 3.19. The molecule has 10 nitrogen and oxygen atoms in total. The van der Waals surface area contributed by atoms with E-state index in [0.717, 1.165) is 70.9 Å². The monoisotopic (exact) mass is 564 g/mol. The molecule has 5 aromatic rings. The average molecular weight is 565 g/mol. The van der Waals surface area contributed by atoms with Gasteiger partial charge in [0.2, 0.25) is 0 Å². The van der Waals surface area contributed by atoms with Crippen molar-refractivity contribution in [1.82, 2.24) is 33.8 Å². The highest BCUT2D eigenvalue weighted by molar-refractivity contribution is 6.00. The topological polar surface area (TPSA) is 109 Å². The summed E-state index contributed by atoms with van der Waals surface area (Å²) in [4.78, 5) is 25.8. The lowest BCUT2D eigenvalue weighted by Gasteiger charge is -2.27. The number of amides is 1. The fraction of sp³-hybridized carbons (Fsp3) is 0.438. The number of rotatable bonds is 7. The lowest BCUT2D eigenvalue weighted by atomic mass is 10.1. The Bertz CT molecular complexity index is 1860. The second-order valence-corrected chi connectivity index (χ2v) is 12.4. The molecule has 0 radical (unpaired) electrons. The lowest BCUT2D eigenvalue weighted by molar-refractivity contribution is 0.0700. The Morgan fingerprint density at radius 1 is 1.12 bits per heavy atom. The highest BCUT2D eigenvalue weighted by atomic mass is 16.5. The van der Waals surface area contributed by atoms with Gasteiger partial charge in [-0.05, 0) is 80.8 Å². The molecule has 8 rings (SSSR count). The van der Waals surface area contributed by atoms with Gasteiger partial charge in [-0.2, -0.15) is 5.10 Å². The molecule has 0 spiro atoms. The number of pyridine rings is 1. The number of hydrogen-bond donors (Lipinski definition) is 1. The van der Waals surface area contributed by atoms with E-state index in [0.29, 0.717) is 29.7 Å². The molecule has 1 aromatic carbocycles. The maximum Gasteiger partial charge on any atom is 0.254 e. The molecule has 5 heterocycles. The highest BCUT2D eigenvalue weighted by Crippen LogP contribution is 2.40. The third-order valence-electron chi connectivity index (χ3n) is 9.63. The van der Waals surface area contributed by atoms with E-state index in [4.69, 9.17) is 20.4 Å². The number of carbonyl (C=O) groups excluding carboxylic acids is 1. The number of fused-ring (bicyclic) bond motifs is 4. The van der Waals surface area contributed by atoms with E-state index in [2.05, 4.69) is 32.4 Å². The molecule has 3 atom stereocenters. The van der Waals surface area contributed by atoms with Gasteiger partial charge in [0.05, 0.1) is 36.3 Å². The van der Waals surface area contributed by atoms with E-state index < -0.39 is 0 Å². The van der Waals surface area contributed by atoms with Crippen LogP contribution in [0.1, 0.15) is 47.4 Å². The van der Waals surface area contributed by atoms with Crippen molar-refractivity contribution in [3.05, 3.63) is 59.5 Å². The number of hydrogen-bond acceptors (Lipinski definition) is 6. The van der Waals surface area contributed by atoms with Crippen molar-refractivity contribution in [2.75, 3.05) is 13.7 Å². The summed E-state index contributed by atoms with van der Waals surface area (Å²) in [5.74, 6) is 2.50. The highest BCUT2D eigenvalue weighted by Gasteiger charge is 2.47. The second-order valence-electron chi connectivity index (χ2n) is 12.4. The maximum absolute atomic E-state index is 13.9. The third kappa shape index (κ3) is 3.95. The number of aryl methyl sites for hydroxylation is 2. The van der Waals surface area contributed by atoms with Crippen LogP contribution >= 0.6 is 0 Å². The molecule has 2 aliphatic carbocycles. The van der Waals surface area contributed by atoms with E-state index in [1.54, 1.807) is 7.11 Å². The molecule has 2 saturated carbocycles. The van der Waals surface area contributed by atoms with E-state index in [1.165, 1.54) is 12.8 Å². The minimum absolute atomic E-state index is 0.00302. The van der Waals surface area contributed by atoms with Crippen molar-refractivity contribution in [3.63, 3.8) is 0 Å². The first-order chi connectivity index (χ1) is 20.4. The number of carbonyl (C=O) groups is 1. The Hall–Kier alpha value is -4.18. The van der Waals surface area contributed by atoms with Gasteiger partial charge in [0, 0.05) is 49.4 Å². The number of aromatic nitrogens is 6. The van der Waals surface area contributed by atoms with Crippen LogP contribution in [-0.4, -0.2) is 65.4 Å². The molecule has 10 heteroatoms. The molecular formula is C32H36N8O2. The number of methoxy groups -OCH3 is 1. The van der Waals surface area contributed by atoms with E-state index in [1.807, 2.05) is 47.9 Å². The lowest BCUT2D eigenvalue weighted by Crippen LogP contribution is -2.41. The SMILES string of the molecule is COc1cc(C(=O)N2CC3CCC2C3N)cc2nc(-c3cc4cccnc4n3CC3CC3)n(Cc3cc(C)nn3C)c12.